The molecule has 0 bridgehead atoms. The number of aromatic nitrogens is 3. The molecule has 0 saturated heterocycles. The lowest BCUT2D eigenvalue weighted by Gasteiger charge is -2.13. The summed E-state index contributed by atoms with van der Waals surface area (Å²) >= 11 is 5.11. The second-order valence-corrected chi connectivity index (χ2v) is 6.30. The minimum absolute atomic E-state index is 0.620. The van der Waals surface area contributed by atoms with E-state index >= 15 is 0 Å². The first-order valence-corrected chi connectivity index (χ1v) is 8.05. The Morgan fingerprint density at radius 2 is 2.14 bits per heavy atom. The number of hydrogen-bond acceptors (Lipinski definition) is 5. The first-order chi connectivity index (χ1) is 10.3. The van der Waals surface area contributed by atoms with Gasteiger partial charge in [-0.15, -0.1) is 10.2 Å². The molecule has 4 rings (SSSR count). The zero-order chi connectivity index (χ0) is 14.2. The monoisotopic (exact) mass is 360 g/mol. The van der Waals surface area contributed by atoms with Crippen molar-refractivity contribution in [3.05, 3.63) is 52.7 Å². The molecule has 3 aromatic rings. The number of fused-ring (bicyclic) bond motifs is 1. The maximum Gasteiger partial charge on any atom is 0.221 e. The molecule has 0 atom stereocenters. The van der Waals surface area contributed by atoms with Gasteiger partial charge in [0, 0.05) is 10.2 Å². The molecule has 0 aliphatic carbocycles. The van der Waals surface area contributed by atoms with Crippen LogP contribution in [0.15, 0.2) is 61.8 Å². The van der Waals surface area contributed by atoms with E-state index in [4.69, 9.17) is 4.42 Å². The first kappa shape index (κ1) is 12.8. The third-order valence-electron chi connectivity index (χ3n) is 3.07. The second-order valence-electron chi connectivity index (χ2n) is 4.44. The standard InChI is InChI=1S/C14H9BrN4OS/c15-10-4-1-3-9(7-10)11-8-21-14-17-16-13(19(14)18-11)12-5-2-6-20-12/h1-7H,8H2. The summed E-state index contributed by atoms with van der Waals surface area (Å²) in [6.07, 6.45) is 1.62. The summed E-state index contributed by atoms with van der Waals surface area (Å²) in [6, 6.07) is 11.8. The Morgan fingerprint density at radius 3 is 2.95 bits per heavy atom. The average molecular weight is 361 g/mol. The smallest absolute Gasteiger partial charge is 0.221 e. The summed E-state index contributed by atoms with van der Waals surface area (Å²) in [5.74, 6) is 2.05. The van der Waals surface area contributed by atoms with E-state index in [9.17, 15) is 0 Å². The van der Waals surface area contributed by atoms with Gasteiger partial charge >= 0.3 is 0 Å². The number of rotatable bonds is 2. The van der Waals surface area contributed by atoms with Crippen LogP contribution in [-0.2, 0) is 0 Å². The molecule has 2 aromatic heterocycles. The van der Waals surface area contributed by atoms with E-state index in [1.54, 1.807) is 22.7 Å². The highest BCUT2D eigenvalue weighted by Gasteiger charge is 2.21. The molecule has 21 heavy (non-hydrogen) atoms. The van der Waals surface area contributed by atoms with Gasteiger partial charge in [0.1, 0.15) is 0 Å². The van der Waals surface area contributed by atoms with Gasteiger partial charge in [0.25, 0.3) is 0 Å². The van der Waals surface area contributed by atoms with Gasteiger partial charge in [-0.3, -0.25) is 0 Å². The van der Waals surface area contributed by atoms with Crippen LogP contribution in [0, 0.1) is 0 Å². The number of halogens is 1. The maximum atomic E-state index is 5.39. The maximum absolute atomic E-state index is 5.39. The molecule has 1 aliphatic heterocycles. The highest BCUT2D eigenvalue weighted by molar-refractivity contribution is 9.10. The van der Waals surface area contributed by atoms with E-state index in [0.717, 1.165) is 26.7 Å². The highest BCUT2D eigenvalue weighted by Crippen LogP contribution is 2.28. The number of thioether (sulfide) groups is 1. The molecule has 1 aliphatic rings. The van der Waals surface area contributed by atoms with Crippen LogP contribution in [-0.4, -0.2) is 26.3 Å². The molecule has 0 fully saturated rings. The zero-order valence-electron chi connectivity index (χ0n) is 10.7. The van der Waals surface area contributed by atoms with Gasteiger partial charge in [-0.25, -0.2) is 0 Å². The van der Waals surface area contributed by atoms with Crippen LogP contribution in [0.5, 0.6) is 0 Å². The summed E-state index contributed by atoms with van der Waals surface area (Å²) in [4.78, 5) is 0. The Balaban J connectivity index is 1.81. The second kappa shape index (κ2) is 5.16. The fraction of sp³-hybridized carbons (Fsp3) is 0.0714. The molecule has 0 amide bonds. The van der Waals surface area contributed by atoms with E-state index in [0.29, 0.717) is 11.6 Å². The largest absolute Gasteiger partial charge is 0.461 e. The molecule has 0 saturated carbocycles. The van der Waals surface area contributed by atoms with Crippen molar-refractivity contribution in [3.8, 4) is 11.6 Å². The lowest BCUT2D eigenvalue weighted by Crippen LogP contribution is -2.13. The van der Waals surface area contributed by atoms with Crippen molar-refractivity contribution in [3.63, 3.8) is 0 Å². The summed E-state index contributed by atoms with van der Waals surface area (Å²) < 4.78 is 8.17. The minimum atomic E-state index is 0.620. The molecule has 104 valence electrons. The number of nitrogens with zero attached hydrogens (tertiary/aromatic N) is 4. The Morgan fingerprint density at radius 1 is 1.19 bits per heavy atom. The third-order valence-corrected chi connectivity index (χ3v) is 4.49. The number of benzene rings is 1. The molecule has 0 radical (unpaired) electrons. The van der Waals surface area contributed by atoms with Crippen LogP contribution in [0.2, 0.25) is 0 Å². The summed E-state index contributed by atoms with van der Waals surface area (Å²) in [5, 5.41) is 13.8. The van der Waals surface area contributed by atoms with Crippen molar-refractivity contribution >= 4 is 33.4 Å². The van der Waals surface area contributed by atoms with Crippen molar-refractivity contribution in [1.29, 1.82) is 0 Å². The summed E-state index contributed by atoms with van der Waals surface area (Å²) in [5.41, 5.74) is 2.07. The molecule has 0 spiro atoms. The van der Waals surface area contributed by atoms with Gasteiger partial charge in [0.05, 0.1) is 12.0 Å². The zero-order valence-corrected chi connectivity index (χ0v) is 13.1. The number of furan rings is 1. The molecule has 0 N–H and O–H groups in total. The topological polar surface area (TPSA) is 56.2 Å². The normalized spacial score (nSPS) is 13.9. The highest BCUT2D eigenvalue weighted by atomic mass is 79.9. The predicted octanol–water partition coefficient (Wildman–Crippen LogP) is 3.66. The van der Waals surface area contributed by atoms with Gasteiger partial charge in [0.15, 0.2) is 5.76 Å². The molecule has 5 nitrogen and oxygen atoms in total. The SMILES string of the molecule is Brc1cccc(C2=Nn3c(nnc3-c3ccco3)SC2)c1. The van der Waals surface area contributed by atoms with Crippen LogP contribution in [0.1, 0.15) is 5.56 Å². The van der Waals surface area contributed by atoms with Gasteiger partial charge < -0.3 is 4.42 Å². The van der Waals surface area contributed by atoms with Crippen LogP contribution in [0.4, 0.5) is 0 Å². The molecule has 0 unspecified atom stereocenters. The van der Waals surface area contributed by atoms with Crippen molar-refractivity contribution in [2.24, 2.45) is 5.10 Å². The quantitative estimate of drug-likeness (QED) is 0.699. The predicted molar refractivity (Wildman–Crippen MR) is 84.5 cm³/mol. The summed E-state index contributed by atoms with van der Waals surface area (Å²) in [7, 11) is 0. The number of hydrogen-bond donors (Lipinski definition) is 0. The Kier molecular flexibility index (Phi) is 3.16. The average Bonchev–Trinajstić information content (AvgIpc) is 3.15. The lowest BCUT2D eigenvalue weighted by molar-refractivity contribution is 0.571. The van der Waals surface area contributed by atoms with Gasteiger partial charge in [-0.2, -0.15) is 9.78 Å². The fourth-order valence-electron chi connectivity index (χ4n) is 2.10. The van der Waals surface area contributed by atoms with Crippen molar-refractivity contribution in [2.45, 2.75) is 5.16 Å². The molecule has 3 heterocycles. The molecular weight excluding hydrogens is 352 g/mol. The molecule has 1 aromatic carbocycles. The molecular formula is C14H9BrN4OS. The van der Waals surface area contributed by atoms with Crippen LogP contribution in [0.3, 0.4) is 0 Å². The Labute approximate surface area is 133 Å². The van der Waals surface area contributed by atoms with Gasteiger partial charge in [0.2, 0.25) is 11.0 Å². The Bertz CT molecular complexity index is 825. The van der Waals surface area contributed by atoms with E-state index in [2.05, 4.69) is 37.3 Å². The Hall–Kier alpha value is -1.86. The van der Waals surface area contributed by atoms with Crippen LogP contribution < -0.4 is 0 Å². The third kappa shape index (κ3) is 2.32. The van der Waals surface area contributed by atoms with E-state index in [1.807, 2.05) is 30.3 Å². The lowest BCUT2D eigenvalue weighted by atomic mass is 10.1. The van der Waals surface area contributed by atoms with Crippen LogP contribution >= 0.6 is 27.7 Å². The minimum Gasteiger partial charge on any atom is -0.461 e. The van der Waals surface area contributed by atoms with Crippen molar-refractivity contribution in [2.75, 3.05) is 5.75 Å². The summed E-state index contributed by atoms with van der Waals surface area (Å²) in [6.45, 7) is 0. The van der Waals surface area contributed by atoms with Crippen LogP contribution in [0.25, 0.3) is 11.6 Å². The van der Waals surface area contributed by atoms with E-state index < -0.39 is 0 Å². The first-order valence-electron chi connectivity index (χ1n) is 6.27. The molecule has 7 heteroatoms. The van der Waals surface area contributed by atoms with E-state index in [-0.39, 0.29) is 0 Å². The van der Waals surface area contributed by atoms with E-state index in [1.165, 1.54) is 0 Å². The van der Waals surface area contributed by atoms with Crippen molar-refractivity contribution in [1.82, 2.24) is 14.9 Å². The van der Waals surface area contributed by atoms with Gasteiger partial charge in [-0.1, -0.05) is 39.8 Å². The fourth-order valence-corrected chi connectivity index (χ4v) is 3.33. The van der Waals surface area contributed by atoms with Gasteiger partial charge in [-0.05, 0) is 29.8 Å². The van der Waals surface area contributed by atoms with Crippen molar-refractivity contribution < 1.29 is 4.42 Å².